The summed E-state index contributed by atoms with van der Waals surface area (Å²) in [7, 11) is 1.27. The van der Waals surface area contributed by atoms with Crippen molar-refractivity contribution in [2.75, 3.05) is 17.7 Å². The first kappa shape index (κ1) is 18.7. The van der Waals surface area contributed by atoms with Crippen LogP contribution in [0.2, 0.25) is 0 Å². The maximum absolute atomic E-state index is 13.8. The van der Waals surface area contributed by atoms with Crippen LogP contribution in [0.4, 0.5) is 20.8 Å². The average Bonchev–Trinajstić information content (AvgIpc) is 2.82. The Balaban J connectivity index is 2.24. The number of carbonyl (C=O) groups is 1. The van der Waals surface area contributed by atoms with Crippen molar-refractivity contribution >= 4 is 51.0 Å². The molecule has 1 aromatic carbocycles. The highest BCUT2D eigenvalue weighted by atomic mass is 32.1. The average molecular weight is 383 g/mol. The largest absolute Gasteiger partial charge is 0.465 e. The molecule has 0 aliphatic rings. The van der Waals surface area contributed by atoms with E-state index in [0.29, 0.717) is 10.6 Å². The third-order valence-corrected chi connectivity index (χ3v) is 4.74. The number of benzene rings is 1. The predicted molar refractivity (Wildman–Crippen MR) is 98.0 cm³/mol. The van der Waals surface area contributed by atoms with Crippen LogP contribution in [0.25, 0.3) is 0 Å². The van der Waals surface area contributed by atoms with Crippen molar-refractivity contribution in [2.45, 2.75) is 13.8 Å². The zero-order valence-corrected chi connectivity index (χ0v) is 15.1. The monoisotopic (exact) mass is 383 g/mol. The van der Waals surface area contributed by atoms with Crippen molar-refractivity contribution in [1.82, 2.24) is 0 Å². The molecule has 2 N–H and O–H groups in total. The number of hydrogen-bond donors (Lipinski definition) is 2. The quantitative estimate of drug-likeness (QED) is 0.357. The lowest BCUT2D eigenvalue weighted by molar-refractivity contribution is -0.384. The van der Waals surface area contributed by atoms with E-state index in [1.807, 2.05) is 6.92 Å². The van der Waals surface area contributed by atoms with Crippen molar-refractivity contribution in [3.8, 4) is 0 Å². The number of aryl methyl sites for hydroxylation is 1. The number of nitrogens with one attached hydrogen (secondary N) is 2. The van der Waals surface area contributed by atoms with E-state index in [1.54, 1.807) is 6.92 Å². The van der Waals surface area contributed by atoms with Gasteiger partial charge in [-0.25, -0.2) is 9.18 Å². The maximum Gasteiger partial charge on any atom is 0.341 e. The zero-order valence-electron chi connectivity index (χ0n) is 13.5. The molecule has 0 bridgehead atoms. The highest BCUT2D eigenvalue weighted by molar-refractivity contribution is 7.80. The van der Waals surface area contributed by atoms with Crippen LogP contribution in [0.5, 0.6) is 0 Å². The number of rotatable bonds is 4. The van der Waals surface area contributed by atoms with Gasteiger partial charge in [-0.1, -0.05) is 0 Å². The highest BCUT2D eigenvalue weighted by Crippen LogP contribution is 2.33. The fourth-order valence-electron chi connectivity index (χ4n) is 2.04. The van der Waals surface area contributed by atoms with Crippen molar-refractivity contribution in [1.29, 1.82) is 0 Å². The number of nitro benzene ring substituents is 1. The molecule has 0 aliphatic carbocycles. The van der Waals surface area contributed by atoms with Crippen LogP contribution in [0, 0.1) is 29.8 Å². The van der Waals surface area contributed by atoms with Gasteiger partial charge < -0.3 is 15.4 Å². The summed E-state index contributed by atoms with van der Waals surface area (Å²) in [6, 6.07) is 3.07. The summed E-state index contributed by atoms with van der Waals surface area (Å²) in [4.78, 5) is 23.0. The van der Waals surface area contributed by atoms with E-state index in [1.165, 1.54) is 18.4 Å². The molecule has 0 spiro atoms. The number of thiocarbonyl (C=S) groups is 1. The van der Waals surface area contributed by atoms with Gasteiger partial charge in [0.1, 0.15) is 10.8 Å². The molecule has 2 rings (SSSR count). The summed E-state index contributed by atoms with van der Waals surface area (Å²) in [6.07, 6.45) is 0. The van der Waals surface area contributed by atoms with E-state index >= 15 is 0 Å². The van der Waals surface area contributed by atoms with Crippen LogP contribution in [-0.4, -0.2) is 23.1 Å². The Morgan fingerprint density at radius 2 is 2.04 bits per heavy atom. The van der Waals surface area contributed by atoms with Crippen LogP contribution in [0.1, 0.15) is 20.8 Å². The molecule has 1 heterocycles. The molecule has 25 heavy (non-hydrogen) atoms. The number of esters is 1. The lowest BCUT2D eigenvalue weighted by Gasteiger charge is -2.11. The van der Waals surface area contributed by atoms with E-state index in [4.69, 9.17) is 17.0 Å². The summed E-state index contributed by atoms with van der Waals surface area (Å²) in [5.74, 6) is -1.21. The van der Waals surface area contributed by atoms with Gasteiger partial charge in [0.15, 0.2) is 5.11 Å². The van der Waals surface area contributed by atoms with Crippen molar-refractivity contribution in [3.05, 3.63) is 50.1 Å². The topological polar surface area (TPSA) is 93.5 Å². The molecule has 0 saturated carbocycles. The van der Waals surface area contributed by atoms with Gasteiger partial charge in [0.25, 0.3) is 5.69 Å². The summed E-state index contributed by atoms with van der Waals surface area (Å²) >= 11 is 6.41. The summed E-state index contributed by atoms with van der Waals surface area (Å²) in [5.41, 5.74) is 0.679. The predicted octanol–water partition coefficient (Wildman–Crippen LogP) is 4.01. The summed E-state index contributed by atoms with van der Waals surface area (Å²) in [6.45, 7) is 3.62. The third kappa shape index (κ3) is 4.09. The molecule has 0 unspecified atom stereocenters. The van der Waals surface area contributed by atoms with Gasteiger partial charge in [-0.05, 0) is 37.7 Å². The van der Waals surface area contributed by atoms with Gasteiger partial charge in [-0.2, -0.15) is 0 Å². The number of non-ortho nitro benzene ring substituents is 1. The van der Waals surface area contributed by atoms with Gasteiger partial charge in [-0.15, -0.1) is 11.3 Å². The first-order chi connectivity index (χ1) is 11.7. The standard InChI is InChI=1S/C15H14FN3O4S2/c1-7-8(2)25-13(12(7)14(20)23-3)18-15(24)17-11-6-9(19(21)22)4-5-10(11)16/h4-6H,1-3H3,(H2,17,18,24). The third-order valence-electron chi connectivity index (χ3n) is 3.41. The van der Waals surface area contributed by atoms with Crippen LogP contribution < -0.4 is 10.6 Å². The Kier molecular flexibility index (Phi) is 5.65. The molecule has 10 heteroatoms. The normalized spacial score (nSPS) is 10.2. The lowest BCUT2D eigenvalue weighted by atomic mass is 10.1. The Labute approximate surface area is 152 Å². The number of nitro groups is 1. The second-order valence-electron chi connectivity index (χ2n) is 4.98. The molecule has 7 nitrogen and oxygen atoms in total. The Hall–Kier alpha value is -2.59. The van der Waals surface area contributed by atoms with Crippen molar-refractivity contribution in [3.63, 3.8) is 0 Å². The SMILES string of the molecule is COC(=O)c1c(NC(=S)Nc2cc([N+](=O)[O-])ccc2F)sc(C)c1C. The number of halogens is 1. The van der Waals surface area contributed by atoms with Crippen LogP contribution in [0.3, 0.4) is 0 Å². The minimum atomic E-state index is -0.693. The Morgan fingerprint density at radius 1 is 1.36 bits per heavy atom. The number of nitrogens with zero attached hydrogens (tertiary/aromatic N) is 1. The van der Waals surface area contributed by atoms with E-state index in [2.05, 4.69) is 10.6 Å². The molecular weight excluding hydrogens is 369 g/mol. The number of thiophene rings is 1. The first-order valence-electron chi connectivity index (χ1n) is 6.94. The highest BCUT2D eigenvalue weighted by Gasteiger charge is 2.21. The maximum atomic E-state index is 13.8. The van der Waals surface area contributed by atoms with Gasteiger partial charge >= 0.3 is 5.97 Å². The molecule has 0 radical (unpaired) electrons. The molecule has 0 fully saturated rings. The van der Waals surface area contributed by atoms with Crippen LogP contribution in [-0.2, 0) is 4.74 Å². The molecule has 0 atom stereocenters. The summed E-state index contributed by atoms with van der Waals surface area (Å²) < 4.78 is 18.6. The zero-order chi connectivity index (χ0) is 18.7. The Bertz CT molecular complexity index is 867. The minimum absolute atomic E-state index is 0.00852. The van der Waals surface area contributed by atoms with Gasteiger partial charge in [-0.3, -0.25) is 10.1 Å². The number of hydrogen-bond acceptors (Lipinski definition) is 6. The molecule has 0 saturated heterocycles. The van der Waals surface area contributed by atoms with E-state index in [-0.39, 0.29) is 16.5 Å². The molecular formula is C15H14FN3O4S2. The number of methoxy groups -OCH3 is 1. The second-order valence-corrected chi connectivity index (χ2v) is 6.61. The second kappa shape index (κ2) is 7.53. The molecule has 132 valence electrons. The molecule has 1 aromatic heterocycles. The van der Waals surface area contributed by atoms with Gasteiger partial charge in [0, 0.05) is 17.0 Å². The van der Waals surface area contributed by atoms with E-state index in [0.717, 1.165) is 28.6 Å². The minimum Gasteiger partial charge on any atom is -0.465 e. The van der Waals surface area contributed by atoms with Crippen molar-refractivity contribution in [2.24, 2.45) is 0 Å². The fraction of sp³-hybridized carbons (Fsp3) is 0.200. The van der Waals surface area contributed by atoms with E-state index < -0.39 is 16.7 Å². The Morgan fingerprint density at radius 3 is 2.64 bits per heavy atom. The number of anilines is 2. The first-order valence-corrected chi connectivity index (χ1v) is 8.17. The van der Waals surface area contributed by atoms with Crippen LogP contribution >= 0.6 is 23.6 Å². The van der Waals surface area contributed by atoms with E-state index in [9.17, 15) is 19.3 Å². The number of ether oxygens (including phenoxy) is 1. The van der Waals surface area contributed by atoms with Crippen LogP contribution in [0.15, 0.2) is 18.2 Å². The molecule has 0 aliphatic heterocycles. The molecule has 0 amide bonds. The fourth-order valence-corrected chi connectivity index (χ4v) is 3.37. The van der Waals surface area contributed by atoms with Gasteiger partial charge in [0.2, 0.25) is 0 Å². The van der Waals surface area contributed by atoms with Crippen molar-refractivity contribution < 1.29 is 18.8 Å². The number of carbonyl (C=O) groups excluding carboxylic acids is 1. The smallest absolute Gasteiger partial charge is 0.341 e. The lowest BCUT2D eigenvalue weighted by Crippen LogP contribution is -2.20. The summed E-state index contributed by atoms with van der Waals surface area (Å²) in [5, 5.41) is 16.6. The van der Waals surface area contributed by atoms with Gasteiger partial charge in [0.05, 0.1) is 23.3 Å². The molecule has 2 aromatic rings.